The Morgan fingerprint density at radius 1 is 1.33 bits per heavy atom. The molecule has 0 spiro atoms. The number of H-pyrrole nitrogens is 1. The van der Waals surface area contributed by atoms with Crippen LogP contribution in [-0.2, 0) is 0 Å². The van der Waals surface area contributed by atoms with Crippen LogP contribution in [0.3, 0.4) is 0 Å². The van der Waals surface area contributed by atoms with Crippen molar-refractivity contribution in [3.05, 3.63) is 23.8 Å². The van der Waals surface area contributed by atoms with Crippen LogP contribution in [0.25, 0.3) is 0 Å². The number of rotatable bonds is 5. The number of hydrazone groups is 1. The zero-order valence-corrected chi connectivity index (χ0v) is 9.91. The molecule has 1 aromatic heterocycles. The Bertz CT molecular complexity index is 525. The number of benzene rings is 1. The molecule has 0 amide bonds. The molecule has 2 N–H and O–H groups in total. The Kier molecular flexibility index (Phi) is 3.69. The van der Waals surface area contributed by atoms with Crippen molar-refractivity contribution >= 4 is 12.2 Å². The topological polar surface area (TPSA) is 97.3 Å². The number of hydrogen-bond acceptors (Lipinski definition) is 7. The van der Waals surface area contributed by atoms with Gasteiger partial charge in [0.2, 0.25) is 0 Å². The van der Waals surface area contributed by atoms with Gasteiger partial charge < -0.3 is 9.47 Å². The molecule has 0 atom stereocenters. The molecule has 2 aromatic rings. The second-order valence-corrected chi connectivity index (χ2v) is 3.21. The lowest BCUT2D eigenvalue weighted by molar-refractivity contribution is 0.394. The summed E-state index contributed by atoms with van der Waals surface area (Å²) in [6.07, 6.45) is 1.59. The van der Waals surface area contributed by atoms with E-state index >= 15 is 0 Å². The van der Waals surface area contributed by atoms with Crippen molar-refractivity contribution in [2.45, 2.75) is 0 Å². The van der Waals surface area contributed by atoms with Crippen LogP contribution in [0, 0.1) is 0 Å². The number of anilines is 1. The number of aromatic amines is 1. The van der Waals surface area contributed by atoms with Crippen molar-refractivity contribution in [3.8, 4) is 11.5 Å². The lowest BCUT2D eigenvalue weighted by atomic mass is 10.2. The van der Waals surface area contributed by atoms with E-state index < -0.39 is 0 Å². The maximum atomic E-state index is 5.23. The molecule has 8 nitrogen and oxygen atoms in total. The predicted octanol–water partition coefficient (Wildman–Crippen LogP) is 0.663. The van der Waals surface area contributed by atoms with E-state index in [0.29, 0.717) is 11.7 Å². The molecule has 1 heterocycles. The van der Waals surface area contributed by atoms with Gasteiger partial charge in [-0.15, -0.1) is 5.10 Å². The fourth-order valence-corrected chi connectivity index (χ4v) is 1.29. The van der Waals surface area contributed by atoms with Crippen LogP contribution in [0.15, 0.2) is 23.3 Å². The molecule has 0 bridgehead atoms. The normalized spacial score (nSPS) is 10.6. The Labute approximate surface area is 103 Å². The Morgan fingerprint density at radius 3 is 2.89 bits per heavy atom. The lowest BCUT2D eigenvalue weighted by Gasteiger charge is -2.06. The number of ether oxygens (including phenoxy) is 2. The summed E-state index contributed by atoms with van der Waals surface area (Å²) in [5.74, 6) is 1.67. The standard InChI is InChI=1S/C10H12N6O2/c1-17-8-4-3-7(9(5-8)18-2)6-11-12-10-13-15-16-14-10/h3-6H,1-2H3,(H2,12,13,14,15,16)/b11-6-. The quantitative estimate of drug-likeness (QED) is 0.596. The second kappa shape index (κ2) is 5.62. The molecule has 0 radical (unpaired) electrons. The van der Waals surface area contributed by atoms with Gasteiger partial charge in [-0.2, -0.15) is 10.3 Å². The summed E-state index contributed by atoms with van der Waals surface area (Å²) >= 11 is 0. The highest BCUT2D eigenvalue weighted by molar-refractivity contribution is 5.84. The van der Waals surface area contributed by atoms with Crippen molar-refractivity contribution in [1.29, 1.82) is 0 Å². The third-order valence-corrected chi connectivity index (χ3v) is 2.15. The third-order valence-electron chi connectivity index (χ3n) is 2.15. The van der Waals surface area contributed by atoms with Gasteiger partial charge in [-0.05, 0) is 17.3 Å². The van der Waals surface area contributed by atoms with Crippen LogP contribution < -0.4 is 14.9 Å². The molecule has 0 fully saturated rings. The Balaban J connectivity index is 2.10. The Hall–Kier alpha value is -2.64. The highest BCUT2D eigenvalue weighted by Crippen LogP contribution is 2.22. The van der Waals surface area contributed by atoms with Gasteiger partial charge in [0.25, 0.3) is 5.95 Å². The molecule has 0 aliphatic carbocycles. The molecule has 0 saturated heterocycles. The maximum absolute atomic E-state index is 5.23. The average Bonchev–Trinajstić information content (AvgIpc) is 2.92. The number of nitrogens with one attached hydrogen (secondary N) is 2. The van der Waals surface area contributed by atoms with Crippen LogP contribution in [0.2, 0.25) is 0 Å². The summed E-state index contributed by atoms with van der Waals surface area (Å²) < 4.78 is 10.3. The summed E-state index contributed by atoms with van der Waals surface area (Å²) in [6.45, 7) is 0. The molecule has 0 saturated carbocycles. The zero-order valence-electron chi connectivity index (χ0n) is 9.91. The summed E-state index contributed by atoms with van der Waals surface area (Å²) in [4.78, 5) is 0. The highest BCUT2D eigenvalue weighted by Gasteiger charge is 2.02. The maximum Gasteiger partial charge on any atom is 0.283 e. The molecule has 94 valence electrons. The highest BCUT2D eigenvalue weighted by atomic mass is 16.5. The first kappa shape index (κ1) is 11.8. The number of nitrogens with zero attached hydrogens (tertiary/aromatic N) is 4. The van der Waals surface area contributed by atoms with Crippen molar-refractivity contribution in [2.24, 2.45) is 5.10 Å². The van der Waals surface area contributed by atoms with E-state index in [9.17, 15) is 0 Å². The second-order valence-electron chi connectivity index (χ2n) is 3.21. The van der Waals surface area contributed by atoms with Crippen LogP contribution in [-0.4, -0.2) is 41.1 Å². The minimum atomic E-state index is 0.290. The summed E-state index contributed by atoms with van der Waals surface area (Å²) in [7, 11) is 3.18. The summed E-state index contributed by atoms with van der Waals surface area (Å²) in [5.41, 5.74) is 3.42. The van der Waals surface area contributed by atoms with Gasteiger partial charge in [0.1, 0.15) is 11.5 Å². The molecule has 18 heavy (non-hydrogen) atoms. The van der Waals surface area contributed by atoms with E-state index in [-0.39, 0.29) is 0 Å². The van der Waals surface area contributed by atoms with Crippen molar-refractivity contribution in [1.82, 2.24) is 20.6 Å². The SMILES string of the molecule is COc1ccc(/C=N\Nc2nn[nH]n2)c(OC)c1. The summed E-state index contributed by atoms with van der Waals surface area (Å²) in [5, 5.41) is 17.1. The van der Waals surface area contributed by atoms with Crippen LogP contribution >= 0.6 is 0 Å². The third kappa shape index (κ3) is 2.73. The van der Waals surface area contributed by atoms with Gasteiger partial charge in [-0.1, -0.05) is 5.10 Å². The van der Waals surface area contributed by atoms with E-state index in [2.05, 4.69) is 31.2 Å². The van der Waals surface area contributed by atoms with Gasteiger partial charge in [-0.3, -0.25) is 0 Å². The largest absolute Gasteiger partial charge is 0.497 e. The van der Waals surface area contributed by atoms with E-state index in [1.54, 1.807) is 26.5 Å². The molecule has 0 aliphatic rings. The molecular weight excluding hydrogens is 236 g/mol. The molecular formula is C10H12N6O2. The number of aromatic nitrogens is 4. The van der Waals surface area contributed by atoms with Gasteiger partial charge in [0, 0.05) is 11.6 Å². The molecule has 0 unspecified atom stereocenters. The van der Waals surface area contributed by atoms with E-state index in [1.807, 2.05) is 12.1 Å². The first-order valence-electron chi connectivity index (χ1n) is 5.08. The average molecular weight is 248 g/mol. The summed E-state index contributed by atoms with van der Waals surface area (Å²) in [6, 6.07) is 5.42. The number of hydrogen-bond donors (Lipinski definition) is 2. The van der Waals surface area contributed by atoms with Crippen LogP contribution in [0.5, 0.6) is 11.5 Å². The predicted molar refractivity (Wildman–Crippen MR) is 64.9 cm³/mol. The fourth-order valence-electron chi connectivity index (χ4n) is 1.29. The van der Waals surface area contributed by atoms with Crippen LogP contribution in [0.4, 0.5) is 5.95 Å². The minimum Gasteiger partial charge on any atom is -0.497 e. The fraction of sp³-hybridized carbons (Fsp3) is 0.200. The first-order chi connectivity index (χ1) is 8.83. The van der Waals surface area contributed by atoms with Gasteiger partial charge >= 0.3 is 0 Å². The number of methoxy groups -OCH3 is 2. The lowest BCUT2D eigenvalue weighted by Crippen LogP contribution is -1.96. The monoisotopic (exact) mass is 248 g/mol. The smallest absolute Gasteiger partial charge is 0.283 e. The van der Waals surface area contributed by atoms with Crippen LogP contribution in [0.1, 0.15) is 5.56 Å². The molecule has 1 aromatic carbocycles. The molecule has 2 rings (SSSR count). The van der Waals surface area contributed by atoms with E-state index in [4.69, 9.17) is 9.47 Å². The molecule has 0 aliphatic heterocycles. The van der Waals surface area contributed by atoms with E-state index in [1.165, 1.54) is 0 Å². The first-order valence-corrected chi connectivity index (χ1v) is 5.08. The number of tetrazole rings is 1. The van der Waals surface area contributed by atoms with Crippen molar-refractivity contribution in [3.63, 3.8) is 0 Å². The zero-order chi connectivity index (χ0) is 12.8. The minimum absolute atomic E-state index is 0.290. The molecule has 8 heteroatoms. The van der Waals surface area contributed by atoms with E-state index in [0.717, 1.165) is 11.3 Å². The van der Waals surface area contributed by atoms with Gasteiger partial charge in [-0.25, -0.2) is 5.43 Å². The Morgan fingerprint density at radius 2 is 2.22 bits per heavy atom. The van der Waals surface area contributed by atoms with Gasteiger partial charge in [0.15, 0.2) is 0 Å². The van der Waals surface area contributed by atoms with Crippen molar-refractivity contribution in [2.75, 3.05) is 19.6 Å². The van der Waals surface area contributed by atoms with Crippen molar-refractivity contribution < 1.29 is 9.47 Å². The van der Waals surface area contributed by atoms with Gasteiger partial charge in [0.05, 0.1) is 20.4 Å².